The van der Waals surface area contributed by atoms with Gasteiger partial charge in [0.25, 0.3) is 0 Å². The van der Waals surface area contributed by atoms with Gasteiger partial charge in [0, 0.05) is 0 Å². The van der Waals surface area contributed by atoms with Crippen molar-refractivity contribution in [1.82, 2.24) is 0 Å². The third-order valence-corrected chi connectivity index (χ3v) is 4.02. The second-order valence-electron chi connectivity index (χ2n) is 6.27. The van der Waals surface area contributed by atoms with Crippen molar-refractivity contribution in [3.05, 3.63) is 35.9 Å². The first-order chi connectivity index (χ1) is 9.54. The van der Waals surface area contributed by atoms with Gasteiger partial charge in [0.15, 0.2) is 0 Å². The van der Waals surface area contributed by atoms with Crippen molar-refractivity contribution in [1.29, 1.82) is 0 Å². The summed E-state index contributed by atoms with van der Waals surface area (Å²) in [5.41, 5.74) is 7.03. The molecule has 3 atom stereocenters. The molecule has 0 bridgehead atoms. The van der Waals surface area contributed by atoms with E-state index in [1.54, 1.807) is 0 Å². The Kier molecular flexibility index (Phi) is 5.18. The molecule has 2 rings (SSSR count). The van der Waals surface area contributed by atoms with Crippen LogP contribution in [0.5, 0.6) is 0 Å². The molecule has 20 heavy (non-hydrogen) atoms. The number of carbonyl (C=O) groups is 1. The Bertz CT molecular complexity index is 422. The molecule has 1 aromatic carbocycles. The SMILES string of the molecule is CC1CC(C)CC(OC(=O)[C@H](N)Cc2ccccc2)C1. The molecule has 2 unspecified atom stereocenters. The zero-order valence-electron chi connectivity index (χ0n) is 12.4. The van der Waals surface area contributed by atoms with Crippen LogP contribution < -0.4 is 5.73 Å². The molecule has 0 saturated heterocycles. The number of esters is 1. The minimum Gasteiger partial charge on any atom is -0.461 e. The van der Waals surface area contributed by atoms with Gasteiger partial charge in [0.1, 0.15) is 12.1 Å². The van der Waals surface area contributed by atoms with E-state index < -0.39 is 6.04 Å². The molecule has 1 aliphatic carbocycles. The molecule has 1 fully saturated rings. The van der Waals surface area contributed by atoms with Crippen LogP contribution >= 0.6 is 0 Å². The molecule has 0 aromatic heterocycles. The summed E-state index contributed by atoms with van der Waals surface area (Å²) in [5, 5.41) is 0. The van der Waals surface area contributed by atoms with Crippen LogP contribution in [-0.2, 0) is 16.0 Å². The summed E-state index contributed by atoms with van der Waals surface area (Å²) in [6.07, 6.45) is 3.74. The van der Waals surface area contributed by atoms with Crippen molar-refractivity contribution >= 4 is 5.97 Å². The lowest BCUT2D eigenvalue weighted by molar-refractivity contribution is -0.153. The van der Waals surface area contributed by atoms with Gasteiger partial charge in [-0.05, 0) is 43.1 Å². The van der Waals surface area contributed by atoms with E-state index in [0.29, 0.717) is 18.3 Å². The fraction of sp³-hybridized carbons (Fsp3) is 0.588. The average Bonchev–Trinajstić information content (AvgIpc) is 2.38. The van der Waals surface area contributed by atoms with E-state index in [1.165, 1.54) is 6.42 Å². The Hall–Kier alpha value is -1.35. The fourth-order valence-electron chi connectivity index (χ4n) is 3.17. The first-order valence-corrected chi connectivity index (χ1v) is 7.54. The van der Waals surface area contributed by atoms with Gasteiger partial charge in [-0.2, -0.15) is 0 Å². The summed E-state index contributed by atoms with van der Waals surface area (Å²) in [6.45, 7) is 4.45. The van der Waals surface area contributed by atoms with Gasteiger partial charge < -0.3 is 10.5 Å². The molecule has 1 saturated carbocycles. The maximum absolute atomic E-state index is 12.1. The minimum absolute atomic E-state index is 0.0445. The zero-order chi connectivity index (χ0) is 14.5. The summed E-state index contributed by atoms with van der Waals surface area (Å²) >= 11 is 0. The monoisotopic (exact) mass is 275 g/mol. The molecule has 1 aliphatic rings. The maximum Gasteiger partial charge on any atom is 0.323 e. The number of nitrogens with two attached hydrogens (primary N) is 1. The minimum atomic E-state index is -0.565. The normalized spacial score (nSPS) is 27.9. The smallest absolute Gasteiger partial charge is 0.323 e. The van der Waals surface area contributed by atoms with E-state index in [4.69, 9.17) is 10.5 Å². The molecule has 0 heterocycles. The van der Waals surface area contributed by atoms with Crippen LogP contribution in [0.15, 0.2) is 30.3 Å². The van der Waals surface area contributed by atoms with Gasteiger partial charge in [-0.25, -0.2) is 0 Å². The second kappa shape index (κ2) is 6.89. The number of ether oxygens (including phenoxy) is 1. The van der Waals surface area contributed by atoms with E-state index in [0.717, 1.165) is 18.4 Å². The van der Waals surface area contributed by atoms with Crippen molar-refractivity contribution in [2.24, 2.45) is 17.6 Å². The Morgan fingerprint density at radius 2 is 1.80 bits per heavy atom. The molecule has 110 valence electrons. The predicted octanol–water partition coefficient (Wildman–Crippen LogP) is 2.92. The van der Waals surface area contributed by atoms with E-state index >= 15 is 0 Å². The highest BCUT2D eigenvalue weighted by atomic mass is 16.5. The summed E-state index contributed by atoms with van der Waals surface area (Å²) in [7, 11) is 0. The van der Waals surface area contributed by atoms with Crippen molar-refractivity contribution in [3.63, 3.8) is 0 Å². The van der Waals surface area contributed by atoms with Crippen molar-refractivity contribution in [3.8, 4) is 0 Å². The quantitative estimate of drug-likeness (QED) is 0.860. The van der Waals surface area contributed by atoms with Crippen LogP contribution in [0.1, 0.15) is 38.7 Å². The van der Waals surface area contributed by atoms with Gasteiger partial charge in [0.2, 0.25) is 0 Å². The van der Waals surface area contributed by atoms with Crippen LogP contribution in [-0.4, -0.2) is 18.1 Å². The molecular weight excluding hydrogens is 250 g/mol. The maximum atomic E-state index is 12.1. The van der Waals surface area contributed by atoms with E-state index in [1.807, 2.05) is 30.3 Å². The molecule has 0 amide bonds. The Labute approximate surface area is 121 Å². The van der Waals surface area contributed by atoms with Crippen LogP contribution in [0, 0.1) is 11.8 Å². The lowest BCUT2D eigenvalue weighted by atomic mass is 9.82. The molecule has 0 spiro atoms. The zero-order valence-corrected chi connectivity index (χ0v) is 12.4. The lowest BCUT2D eigenvalue weighted by Gasteiger charge is -2.31. The van der Waals surface area contributed by atoms with Gasteiger partial charge in [0.05, 0.1) is 0 Å². The van der Waals surface area contributed by atoms with Gasteiger partial charge >= 0.3 is 5.97 Å². The summed E-state index contributed by atoms with van der Waals surface area (Å²) < 4.78 is 5.60. The summed E-state index contributed by atoms with van der Waals surface area (Å²) in [4.78, 5) is 12.1. The lowest BCUT2D eigenvalue weighted by Crippen LogP contribution is -2.38. The molecule has 2 N–H and O–H groups in total. The van der Waals surface area contributed by atoms with Crippen LogP contribution in [0.4, 0.5) is 0 Å². The Morgan fingerprint density at radius 1 is 1.20 bits per heavy atom. The molecule has 0 radical (unpaired) electrons. The third-order valence-electron chi connectivity index (χ3n) is 4.02. The van der Waals surface area contributed by atoms with Gasteiger partial charge in [-0.3, -0.25) is 4.79 Å². The number of rotatable bonds is 4. The van der Waals surface area contributed by atoms with Crippen molar-refractivity contribution in [2.45, 2.75) is 51.7 Å². The van der Waals surface area contributed by atoms with Gasteiger partial charge in [-0.15, -0.1) is 0 Å². The van der Waals surface area contributed by atoms with Crippen LogP contribution in [0.3, 0.4) is 0 Å². The number of hydrogen-bond donors (Lipinski definition) is 1. The number of benzene rings is 1. The van der Waals surface area contributed by atoms with Gasteiger partial charge in [-0.1, -0.05) is 44.2 Å². The first-order valence-electron chi connectivity index (χ1n) is 7.54. The standard InChI is InChI=1S/C17H25NO2/c1-12-8-13(2)10-15(9-12)20-17(19)16(18)11-14-6-4-3-5-7-14/h3-7,12-13,15-16H,8-11,18H2,1-2H3/t12?,13?,15?,16-/m1/s1. The highest BCUT2D eigenvalue weighted by Gasteiger charge is 2.28. The largest absolute Gasteiger partial charge is 0.461 e. The molecule has 3 heteroatoms. The summed E-state index contributed by atoms with van der Waals surface area (Å²) in [5.74, 6) is 0.990. The summed E-state index contributed by atoms with van der Waals surface area (Å²) in [6, 6.07) is 9.27. The van der Waals surface area contributed by atoms with Crippen LogP contribution in [0.25, 0.3) is 0 Å². The average molecular weight is 275 g/mol. The Balaban J connectivity index is 1.84. The highest BCUT2D eigenvalue weighted by molar-refractivity contribution is 5.76. The second-order valence-corrected chi connectivity index (χ2v) is 6.27. The van der Waals surface area contributed by atoms with Crippen LogP contribution in [0.2, 0.25) is 0 Å². The predicted molar refractivity (Wildman–Crippen MR) is 80.2 cm³/mol. The fourth-order valence-corrected chi connectivity index (χ4v) is 3.17. The van der Waals surface area contributed by atoms with E-state index in [-0.39, 0.29) is 12.1 Å². The first kappa shape index (κ1) is 15.0. The number of hydrogen-bond acceptors (Lipinski definition) is 3. The van der Waals surface area contributed by atoms with Crippen molar-refractivity contribution < 1.29 is 9.53 Å². The molecule has 3 nitrogen and oxygen atoms in total. The molecular formula is C17H25NO2. The highest BCUT2D eigenvalue weighted by Crippen LogP contribution is 2.30. The third kappa shape index (κ3) is 4.34. The number of carbonyl (C=O) groups excluding carboxylic acids is 1. The Morgan fingerprint density at radius 3 is 2.40 bits per heavy atom. The van der Waals surface area contributed by atoms with E-state index in [2.05, 4.69) is 13.8 Å². The van der Waals surface area contributed by atoms with E-state index in [9.17, 15) is 4.79 Å². The topological polar surface area (TPSA) is 52.3 Å². The molecule has 1 aromatic rings. The molecule has 0 aliphatic heterocycles. The van der Waals surface area contributed by atoms with Crippen molar-refractivity contribution in [2.75, 3.05) is 0 Å².